The summed E-state index contributed by atoms with van der Waals surface area (Å²) in [5, 5.41) is 0. The van der Waals surface area contributed by atoms with Crippen LogP contribution in [0.2, 0.25) is 0 Å². The van der Waals surface area contributed by atoms with Crippen LogP contribution in [0.1, 0.15) is 18.9 Å². The standard InChI is InChI=1S/C12H14O2/c1-3-10(9-13)8-11-6-4-5-7-12(11)14-2/h4-9H,3H2,1-2H3. The summed E-state index contributed by atoms with van der Waals surface area (Å²) in [5.41, 5.74) is 1.72. The Labute approximate surface area is 84.2 Å². The number of para-hydroxylation sites is 1. The highest BCUT2D eigenvalue weighted by Gasteiger charge is 1.99. The molecule has 1 aromatic rings. The molecular weight excluding hydrogens is 176 g/mol. The molecule has 1 rings (SSSR count). The highest BCUT2D eigenvalue weighted by Crippen LogP contribution is 2.20. The van der Waals surface area contributed by atoms with Crippen LogP contribution in [-0.4, -0.2) is 13.4 Å². The number of carbonyl (C=O) groups excluding carboxylic acids is 1. The number of ether oxygens (including phenoxy) is 1. The Morgan fingerprint density at radius 2 is 2.14 bits per heavy atom. The Hall–Kier alpha value is -1.57. The van der Waals surface area contributed by atoms with E-state index in [4.69, 9.17) is 4.74 Å². The van der Waals surface area contributed by atoms with E-state index in [0.717, 1.165) is 29.6 Å². The lowest BCUT2D eigenvalue weighted by Gasteiger charge is -2.04. The van der Waals surface area contributed by atoms with Gasteiger partial charge in [-0.3, -0.25) is 4.79 Å². The SMILES string of the molecule is CCC(C=O)=Cc1ccccc1OC. The van der Waals surface area contributed by atoms with Gasteiger partial charge in [-0.2, -0.15) is 0 Å². The Morgan fingerprint density at radius 1 is 1.43 bits per heavy atom. The molecular formula is C12H14O2. The first-order chi connectivity index (χ1) is 6.81. The van der Waals surface area contributed by atoms with Gasteiger partial charge in [-0.15, -0.1) is 0 Å². The Bertz CT molecular complexity index is 340. The molecule has 0 spiro atoms. The molecule has 0 atom stereocenters. The molecule has 0 bridgehead atoms. The summed E-state index contributed by atoms with van der Waals surface area (Å²) in [6, 6.07) is 7.64. The lowest BCUT2D eigenvalue weighted by molar-refractivity contribution is -0.104. The highest BCUT2D eigenvalue weighted by atomic mass is 16.5. The van der Waals surface area contributed by atoms with Gasteiger partial charge in [0.25, 0.3) is 0 Å². The molecule has 0 fully saturated rings. The summed E-state index contributed by atoms with van der Waals surface area (Å²) < 4.78 is 5.17. The average molecular weight is 190 g/mol. The van der Waals surface area contributed by atoms with Crippen LogP contribution >= 0.6 is 0 Å². The van der Waals surface area contributed by atoms with Gasteiger partial charge in [0.2, 0.25) is 0 Å². The van der Waals surface area contributed by atoms with Gasteiger partial charge in [0.05, 0.1) is 7.11 Å². The van der Waals surface area contributed by atoms with E-state index in [9.17, 15) is 4.79 Å². The molecule has 0 heterocycles. The zero-order chi connectivity index (χ0) is 10.4. The summed E-state index contributed by atoms with van der Waals surface area (Å²) in [6.45, 7) is 1.95. The zero-order valence-electron chi connectivity index (χ0n) is 8.49. The first-order valence-electron chi connectivity index (χ1n) is 4.60. The van der Waals surface area contributed by atoms with E-state index in [-0.39, 0.29) is 0 Å². The van der Waals surface area contributed by atoms with Crippen molar-refractivity contribution < 1.29 is 9.53 Å². The largest absolute Gasteiger partial charge is 0.496 e. The van der Waals surface area contributed by atoms with Gasteiger partial charge in [0, 0.05) is 5.56 Å². The summed E-state index contributed by atoms with van der Waals surface area (Å²) in [4.78, 5) is 10.6. The minimum atomic E-state index is 0.738. The highest BCUT2D eigenvalue weighted by molar-refractivity contribution is 5.82. The van der Waals surface area contributed by atoms with Crippen LogP contribution in [-0.2, 0) is 4.79 Å². The van der Waals surface area contributed by atoms with Gasteiger partial charge < -0.3 is 4.74 Å². The van der Waals surface area contributed by atoms with E-state index in [2.05, 4.69) is 0 Å². The van der Waals surface area contributed by atoms with Crippen molar-refractivity contribution >= 4 is 12.4 Å². The third kappa shape index (κ3) is 2.46. The van der Waals surface area contributed by atoms with E-state index in [1.807, 2.05) is 37.3 Å². The molecule has 0 aliphatic rings. The van der Waals surface area contributed by atoms with E-state index in [1.165, 1.54) is 0 Å². The Morgan fingerprint density at radius 3 is 2.71 bits per heavy atom. The maximum absolute atomic E-state index is 10.6. The molecule has 14 heavy (non-hydrogen) atoms. The average Bonchev–Trinajstić information content (AvgIpc) is 2.26. The molecule has 0 radical (unpaired) electrons. The van der Waals surface area contributed by atoms with E-state index >= 15 is 0 Å². The normalized spacial score (nSPS) is 11.1. The lowest BCUT2D eigenvalue weighted by Crippen LogP contribution is -1.88. The molecule has 74 valence electrons. The zero-order valence-corrected chi connectivity index (χ0v) is 8.49. The van der Waals surface area contributed by atoms with E-state index < -0.39 is 0 Å². The molecule has 0 unspecified atom stereocenters. The molecule has 0 N–H and O–H groups in total. The summed E-state index contributed by atoms with van der Waals surface area (Å²) >= 11 is 0. The molecule has 0 saturated carbocycles. The second-order valence-corrected chi connectivity index (χ2v) is 2.93. The van der Waals surface area contributed by atoms with Crippen LogP contribution in [0.15, 0.2) is 29.8 Å². The van der Waals surface area contributed by atoms with Crippen molar-refractivity contribution in [3.05, 3.63) is 35.4 Å². The van der Waals surface area contributed by atoms with Crippen LogP contribution in [0.3, 0.4) is 0 Å². The molecule has 0 aromatic heterocycles. The van der Waals surface area contributed by atoms with Crippen LogP contribution in [0.25, 0.3) is 6.08 Å². The smallest absolute Gasteiger partial charge is 0.146 e. The fourth-order valence-corrected chi connectivity index (χ4v) is 1.20. The molecule has 0 aliphatic heterocycles. The van der Waals surface area contributed by atoms with Crippen molar-refractivity contribution in [3.63, 3.8) is 0 Å². The number of rotatable bonds is 4. The third-order valence-electron chi connectivity index (χ3n) is 2.04. The Kier molecular flexibility index (Phi) is 3.92. The number of hydrogen-bond acceptors (Lipinski definition) is 2. The number of methoxy groups -OCH3 is 1. The minimum Gasteiger partial charge on any atom is -0.496 e. The van der Waals surface area contributed by atoms with Crippen molar-refractivity contribution in [2.45, 2.75) is 13.3 Å². The molecule has 0 amide bonds. The van der Waals surface area contributed by atoms with Crippen molar-refractivity contribution in [1.82, 2.24) is 0 Å². The van der Waals surface area contributed by atoms with Crippen LogP contribution < -0.4 is 4.74 Å². The number of carbonyl (C=O) groups is 1. The van der Waals surface area contributed by atoms with Gasteiger partial charge >= 0.3 is 0 Å². The fourth-order valence-electron chi connectivity index (χ4n) is 1.20. The molecule has 0 saturated heterocycles. The van der Waals surface area contributed by atoms with Crippen molar-refractivity contribution in [1.29, 1.82) is 0 Å². The predicted octanol–water partition coefficient (Wildman–Crippen LogP) is 2.69. The first-order valence-corrected chi connectivity index (χ1v) is 4.60. The number of aldehydes is 1. The van der Waals surface area contributed by atoms with Crippen molar-refractivity contribution in [3.8, 4) is 5.75 Å². The summed E-state index contributed by atoms with van der Waals surface area (Å²) in [7, 11) is 1.62. The van der Waals surface area contributed by atoms with Crippen molar-refractivity contribution in [2.24, 2.45) is 0 Å². The monoisotopic (exact) mass is 190 g/mol. The quantitative estimate of drug-likeness (QED) is 0.539. The molecule has 2 heteroatoms. The van der Waals surface area contributed by atoms with E-state index in [1.54, 1.807) is 7.11 Å². The van der Waals surface area contributed by atoms with Gasteiger partial charge in [0.1, 0.15) is 12.0 Å². The minimum absolute atomic E-state index is 0.738. The summed E-state index contributed by atoms with van der Waals surface area (Å²) in [6.07, 6.45) is 3.47. The topological polar surface area (TPSA) is 26.3 Å². The molecule has 0 aliphatic carbocycles. The molecule has 2 nitrogen and oxygen atoms in total. The number of allylic oxidation sites excluding steroid dienone is 1. The van der Waals surface area contributed by atoms with Crippen LogP contribution in [0.5, 0.6) is 5.75 Å². The summed E-state index contributed by atoms with van der Waals surface area (Å²) in [5.74, 6) is 0.792. The second-order valence-electron chi connectivity index (χ2n) is 2.93. The number of hydrogen-bond donors (Lipinski definition) is 0. The van der Waals surface area contributed by atoms with Gasteiger partial charge in [0.15, 0.2) is 0 Å². The first kappa shape index (κ1) is 10.5. The Balaban J connectivity index is 3.05. The van der Waals surface area contributed by atoms with Gasteiger partial charge in [-0.25, -0.2) is 0 Å². The van der Waals surface area contributed by atoms with E-state index in [0.29, 0.717) is 0 Å². The maximum atomic E-state index is 10.6. The molecule has 1 aromatic carbocycles. The fraction of sp³-hybridized carbons (Fsp3) is 0.250. The second kappa shape index (κ2) is 5.22. The van der Waals surface area contributed by atoms with Crippen LogP contribution in [0, 0.1) is 0 Å². The lowest BCUT2D eigenvalue weighted by atomic mass is 10.1. The maximum Gasteiger partial charge on any atom is 0.146 e. The van der Waals surface area contributed by atoms with Gasteiger partial charge in [-0.05, 0) is 24.1 Å². The third-order valence-corrected chi connectivity index (χ3v) is 2.04. The van der Waals surface area contributed by atoms with Crippen molar-refractivity contribution in [2.75, 3.05) is 7.11 Å². The van der Waals surface area contributed by atoms with Crippen LogP contribution in [0.4, 0.5) is 0 Å². The van der Waals surface area contributed by atoms with Gasteiger partial charge in [-0.1, -0.05) is 25.1 Å². The number of benzene rings is 1. The predicted molar refractivity (Wildman–Crippen MR) is 57.3 cm³/mol.